The minimum absolute atomic E-state index is 0.0423. The van der Waals surface area contributed by atoms with Gasteiger partial charge in [-0.15, -0.1) is 0 Å². The molecule has 34 heavy (non-hydrogen) atoms. The molecule has 0 aliphatic carbocycles. The fourth-order valence-corrected chi connectivity index (χ4v) is 4.36. The number of halogens is 1. The summed E-state index contributed by atoms with van der Waals surface area (Å²) in [6.07, 6.45) is 6.49. The van der Waals surface area contributed by atoms with E-state index in [2.05, 4.69) is 20.3 Å². The van der Waals surface area contributed by atoms with Gasteiger partial charge in [-0.05, 0) is 61.5 Å². The van der Waals surface area contributed by atoms with Crippen molar-refractivity contribution in [3.63, 3.8) is 0 Å². The minimum Gasteiger partial charge on any atom is -0.424 e. The molecule has 1 aliphatic heterocycles. The van der Waals surface area contributed by atoms with Crippen LogP contribution < -0.4 is 15.0 Å². The zero-order valence-corrected chi connectivity index (χ0v) is 18.7. The van der Waals surface area contributed by atoms with Gasteiger partial charge in [0.25, 0.3) is 5.91 Å². The van der Waals surface area contributed by atoms with Gasteiger partial charge < -0.3 is 10.1 Å². The summed E-state index contributed by atoms with van der Waals surface area (Å²) in [5, 5.41) is 5.23. The number of fused-ring (bicyclic) bond motifs is 1. The van der Waals surface area contributed by atoms with Gasteiger partial charge in [0, 0.05) is 36.6 Å². The maximum absolute atomic E-state index is 15.2. The van der Waals surface area contributed by atoms with E-state index in [4.69, 9.17) is 4.74 Å². The van der Waals surface area contributed by atoms with Crippen molar-refractivity contribution in [3.8, 4) is 11.8 Å². The van der Waals surface area contributed by atoms with Crippen LogP contribution in [-0.4, -0.2) is 40.0 Å². The van der Waals surface area contributed by atoms with E-state index >= 15 is 4.39 Å². The number of hydrogen-bond acceptors (Lipinski definition) is 6. The lowest BCUT2D eigenvalue weighted by Crippen LogP contribution is -2.49. The molecule has 172 valence electrons. The number of nitrogens with one attached hydrogen (secondary N) is 1. The molecule has 7 nitrogen and oxygen atoms in total. The quantitative estimate of drug-likeness (QED) is 0.469. The van der Waals surface area contributed by atoms with E-state index in [9.17, 15) is 4.79 Å². The van der Waals surface area contributed by atoms with Crippen molar-refractivity contribution >= 4 is 22.5 Å². The highest BCUT2D eigenvalue weighted by Crippen LogP contribution is 2.32. The molecule has 2 aromatic carbocycles. The minimum atomic E-state index is -0.677. The van der Waals surface area contributed by atoms with Crippen LogP contribution in [0.1, 0.15) is 28.8 Å². The fourth-order valence-electron chi connectivity index (χ4n) is 4.36. The normalized spacial score (nSPS) is 15.8. The summed E-state index contributed by atoms with van der Waals surface area (Å²) in [5.41, 5.74) is 0.966. The summed E-state index contributed by atoms with van der Waals surface area (Å²) in [6.45, 7) is 3.50. The Kier molecular flexibility index (Phi) is 6.14. The largest absolute Gasteiger partial charge is 0.424 e. The monoisotopic (exact) mass is 457 g/mol. The van der Waals surface area contributed by atoms with Gasteiger partial charge in [0.2, 0.25) is 0 Å². The van der Waals surface area contributed by atoms with Crippen molar-refractivity contribution in [3.05, 3.63) is 84.1 Å². The molecule has 1 saturated heterocycles. The number of hydrogen-bond donors (Lipinski definition) is 1. The molecular weight excluding hydrogens is 433 g/mol. The first kappa shape index (κ1) is 21.9. The van der Waals surface area contributed by atoms with Crippen LogP contribution in [-0.2, 0) is 0 Å². The molecule has 0 saturated carbocycles. The molecule has 8 heteroatoms. The molecule has 0 radical (unpaired) electrons. The number of aromatic nitrogens is 3. The Morgan fingerprint density at radius 2 is 1.94 bits per heavy atom. The Morgan fingerprint density at radius 1 is 1.09 bits per heavy atom. The van der Waals surface area contributed by atoms with Crippen molar-refractivity contribution in [2.24, 2.45) is 0 Å². The number of amides is 1. The van der Waals surface area contributed by atoms with E-state index in [1.54, 1.807) is 23.2 Å². The van der Waals surface area contributed by atoms with E-state index in [0.717, 1.165) is 35.7 Å². The van der Waals surface area contributed by atoms with Gasteiger partial charge in [-0.2, -0.15) is 0 Å². The summed E-state index contributed by atoms with van der Waals surface area (Å²) in [5.74, 6) is -0.349. The number of ether oxygens (including phenoxy) is 1. The highest BCUT2D eigenvalue weighted by atomic mass is 19.1. The molecule has 0 spiro atoms. The number of anilines is 1. The first-order valence-corrected chi connectivity index (χ1v) is 11.2. The molecular formula is C26H24FN5O2. The Bertz CT molecular complexity index is 1320. The van der Waals surface area contributed by atoms with Crippen LogP contribution in [0.5, 0.6) is 11.8 Å². The Morgan fingerprint density at radius 3 is 2.71 bits per heavy atom. The predicted molar refractivity (Wildman–Crippen MR) is 128 cm³/mol. The Labute approximate surface area is 196 Å². The molecule has 1 fully saturated rings. The highest BCUT2D eigenvalue weighted by Gasteiger charge is 2.31. The Hall–Kier alpha value is -3.91. The van der Waals surface area contributed by atoms with Crippen LogP contribution in [0.2, 0.25) is 0 Å². The number of carbonyl (C=O) groups is 1. The van der Waals surface area contributed by atoms with Gasteiger partial charge in [-0.1, -0.05) is 18.2 Å². The third kappa shape index (κ3) is 4.32. The summed E-state index contributed by atoms with van der Waals surface area (Å²) in [4.78, 5) is 28.1. The zero-order chi connectivity index (χ0) is 23.5. The van der Waals surface area contributed by atoms with Crippen molar-refractivity contribution < 1.29 is 13.9 Å². The van der Waals surface area contributed by atoms with Crippen molar-refractivity contribution in [2.75, 3.05) is 18.0 Å². The fraction of sp³-hybridized carbons (Fsp3) is 0.231. The lowest BCUT2D eigenvalue weighted by atomic mass is 10.0. The predicted octanol–water partition coefficient (Wildman–Crippen LogP) is 4.66. The maximum Gasteiger partial charge on any atom is 0.321 e. The first-order valence-electron chi connectivity index (χ1n) is 11.2. The number of carbonyl (C=O) groups excluding carboxylic acids is 1. The third-order valence-electron chi connectivity index (χ3n) is 5.98. The summed E-state index contributed by atoms with van der Waals surface area (Å²) in [6, 6.07) is 13.7. The molecule has 2 aromatic heterocycles. The molecule has 1 N–H and O–H groups in total. The molecule has 0 bridgehead atoms. The van der Waals surface area contributed by atoms with E-state index < -0.39 is 11.7 Å². The summed E-state index contributed by atoms with van der Waals surface area (Å²) >= 11 is 0. The van der Waals surface area contributed by atoms with Crippen LogP contribution >= 0.6 is 0 Å². The number of benzene rings is 2. The lowest BCUT2D eigenvalue weighted by Gasteiger charge is -2.35. The average Bonchev–Trinajstić information content (AvgIpc) is 2.86. The lowest BCUT2D eigenvalue weighted by molar-refractivity contribution is 0.0968. The van der Waals surface area contributed by atoms with Crippen LogP contribution in [0.15, 0.2) is 67.1 Å². The van der Waals surface area contributed by atoms with Crippen molar-refractivity contribution in [1.82, 2.24) is 20.3 Å². The molecule has 5 rings (SSSR count). The molecule has 0 unspecified atom stereocenters. The summed E-state index contributed by atoms with van der Waals surface area (Å²) < 4.78 is 20.8. The van der Waals surface area contributed by atoms with Crippen molar-refractivity contribution in [1.29, 1.82) is 0 Å². The number of nitrogens with zero attached hydrogens (tertiary/aromatic N) is 4. The number of rotatable bonds is 5. The van der Waals surface area contributed by atoms with E-state index in [1.165, 1.54) is 24.5 Å². The molecule has 4 aromatic rings. The first-order chi connectivity index (χ1) is 16.6. The van der Waals surface area contributed by atoms with Gasteiger partial charge in [-0.3, -0.25) is 9.69 Å². The summed E-state index contributed by atoms with van der Waals surface area (Å²) in [7, 11) is 0. The standard InChI is InChI=1S/C26H24FN5O2/c1-17-5-2-6-18-10-14-29-24(23(17)18)32(19-7-3-11-28-16-19)25(33)21-9-8-20(15-22(21)27)34-26-30-12-4-13-31-26/h2,4-6,8-10,12-15,19,28H,3,7,11,16H2,1H3/t19-/m1/s1. The maximum atomic E-state index is 15.2. The van der Waals surface area contributed by atoms with E-state index in [-0.39, 0.29) is 23.4 Å². The Balaban J connectivity index is 1.55. The molecule has 1 amide bonds. The third-order valence-corrected chi connectivity index (χ3v) is 5.98. The average molecular weight is 458 g/mol. The van der Waals surface area contributed by atoms with Crippen LogP contribution in [0.25, 0.3) is 10.8 Å². The highest BCUT2D eigenvalue weighted by molar-refractivity contribution is 6.11. The second kappa shape index (κ2) is 9.52. The van der Waals surface area contributed by atoms with Gasteiger partial charge >= 0.3 is 6.01 Å². The van der Waals surface area contributed by atoms with Crippen LogP contribution in [0.3, 0.4) is 0 Å². The topological polar surface area (TPSA) is 80.2 Å². The van der Waals surface area contributed by atoms with E-state index in [1.807, 2.05) is 31.2 Å². The van der Waals surface area contributed by atoms with Gasteiger partial charge in [-0.25, -0.2) is 19.3 Å². The number of pyridine rings is 1. The van der Waals surface area contributed by atoms with Gasteiger partial charge in [0.05, 0.1) is 11.6 Å². The van der Waals surface area contributed by atoms with Crippen molar-refractivity contribution in [2.45, 2.75) is 25.8 Å². The second-order valence-electron chi connectivity index (χ2n) is 8.26. The van der Waals surface area contributed by atoms with Crippen LogP contribution in [0.4, 0.5) is 10.2 Å². The van der Waals surface area contributed by atoms with Crippen LogP contribution in [0, 0.1) is 12.7 Å². The molecule has 1 aliphatic rings. The molecule has 1 atom stereocenters. The number of aryl methyl sites for hydroxylation is 1. The SMILES string of the molecule is Cc1cccc2ccnc(N(C(=O)c3ccc(Oc4ncccn4)cc3F)[C@@H]3CCCNC3)c12. The van der Waals surface area contributed by atoms with Gasteiger partial charge in [0.1, 0.15) is 17.4 Å². The molecule has 3 heterocycles. The van der Waals surface area contributed by atoms with Gasteiger partial charge in [0.15, 0.2) is 0 Å². The number of piperidine rings is 1. The zero-order valence-electron chi connectivity index (χ0n) is 18.7. The smallest absolute Gasteiger partial charge is 0.321 e. The van der Waals surface area contributed by atoms with E-state index in [0.29, 0.717) is 12.4 Å². The second-order valence-corrected chi connectivity index (χ2v) is 8.26.